The highest BCUT2D eigenvalue weighted by Gasteiger charge is 2.26. The van der Waals surface area contributed by atoms with Crippen molar-refractivity contribution in [2.75, 3.05) is 0 Å². The number of hydrogen-bond donors (Lipinski definition) is 2. The van der Waals surface area contributed by atoms with Crippen LogP contribution in [0.2, 0.25) is 0 Å². The van der Waals surface area contributed by atoms with E-state index in [9.17, 15) is 18.0 Å². The van der Waals surface area contributed by atoms with Crippen molar-refractivity contribution < 1.29 is 22.7 Å². The van der Waals surface area contributed by atoms with Gasteiger partial charge in [0.25, 0.3) is 0 Å². The van der Waals surface area contributed by atoms with Crippen molar-refractivity contribution >= 4 is 27.0 Å². The summed E-state index contributed by atoms with van der Waals surface area (Å²) in [6.07, 6.45) is 0.178. The van der Waals surface area contributed by atoms with Gasteiger partial charge >= 0.3 is 11.6 Å². The molecule has 124 valence electrons. The van der Waals surface area contributed by atoms with Gasteiger partial charge < -0.3 is 9.52 Å². The predicted molar refractivity (Wildman–Crippen MR) is 83.7 cm³/mol. The molecule has 7 nitrogen and oxygen atoms in total. The minimum atomic E-state index is -4.00. The molecule has 2 aromatic rings. The Morgan fingerprint density at radius 1 is 1.26 bits per heavy atom. The zero-order valence-electron chi connectivity index (χ0n) is 12.6. The second kappa shape index (κ2) is 6.51. The molecule has 0 saturated heterocycles. The van der Waals surface area contributed by atoms with Crippen molar-refractivity contribution in [3.63, 3.8) is 0 Å². The van der Waals surface area contributed by atoms with Crippen LogP contribution in [0.15, 0.2) is 44.4 Å². The minimum Gasteiger partial charge on any atom is -0.480 e. The Kier molecular flexibility index (Phi) is 4.86. The monoisotopic (exact) mass is 339 g/mol. The molecule has 0 amide bonds. The molecular weight excluding hydrogens is 322 g/mol. The van der Waals surface area contributed by atoms with E-state index in [1.54, 1.807) is 0 Å². The van der Waals surface area contributed by atoms with Crippen molar-refractivity contribution in [3.05, 3.63) is 40.8 Å². The molecule has 0 radical (unpaired) electrons. The summed E-state index contributed by atoms with van der Waals surface area (Å²) < 4.78 is 31.9. The first kappa shape index (κ1) is 17.2. The summed E-state index contributed by atoms with van der Waals surface area (Å²) in [5.41, 5.74) is -0.275. The number of rotatable bonds is 6. The topological polar surface area (TPSA) is 114 Å². The fourth-order valence-electron chi connectivity index (χ4n) is 2.14. The minimum absolute atomic E-state index is 0.0182. The number of carboxylic acids is 1. The van der Waals surface area contributed by atoms with Crippen molar-refractivity contribution in [1.82, 2.24) is 4.72 Å². The molecule has 1 heterocycles. The lowest BCUT2D eigenvalue weighted by molar-refractivity contribution is -0.139. The highest BCUT2D eigenvalue weighted by Crippen LogP contribution is 2.18. The van der Waals surface area contributed by atoms with Gasteiger partial charge in [0.05, 0.1) is 4.90 Å². The van der Waals surface area contributed by atoms with Gasteiger partial charge in [-0.25, -0.2) is 13.2 Å². The average Bonchev–Trinajstić information content (AvgIpc) is 2.45. The summed E-state index contributed by atoms with van der Waals surface area (Å²) in [6, 6.07) is 5.39. The fraction of sp³-hybridized carbons (Fsp3) is 0.333. The van der Waals surface area contributed by atoms with Gasteiger partial charge in [-0.2, -0.15) is 4.72 Å². The number of carbonyl (C=O) groups is 1. The lowest BCUT2D eigenvalue weighted by Crippen LogP contribution is -2.41. The summed E-state index contributed by atoms with van der Waals surface area (Å²) >= 11 is 0. The maximum Gasteiger partial charge on any atom is 0.336 e. The fourth-order valence-corrected chi connectivity index (χ4v) is 3.38. The zero-order chi connectivity index (χ0) is 17.2. The van der Waals surface area contributed by atoms with E-state index in [2.05, 4.69) is 4.72 Å². The van der Waals surface area contributed by atoms with E-state index in [0.29, 0.717) is 5.39 Å². The lowest BCUT2D eigenvalue weighted by atomic mass is 10.1. The average molecular weight is 339 g/mol. The molecule has 0 aliphatic heterocycles. The van der Waals surface area contributed by atoms with Crippen molar-refractivity contribution in [2.24, 2.45) is 5.92 Å². The largest absolute Gasteiger partial charge is 0.480 e. The Labute approximate surface area is 133 Å². The predicted octanol–water partition coefficient (Wildman–Crippen LogP) is 1.57. The van der Waals surface area contributed by atoms with E-state index in [-0.39, 0.29) is 22.8 Å². The molecule has 0 bridgehead atoms. The normalized spacial score (nSPS) is 13.3. The Morgan fingerprint density at radius 2 is 1.96 bits per heavy atom. The van der Waals surface area contributed by atoms with Crippen LogP contribution in [-0.4, -0.2) is 25.5 Å². The van der Waals surface area contributed by atoms with Crippen LogP contribution in [0, 0.1) is 5.92 Å². The maximum absolute atomic E-state index is 12.4. The van der Waals surface area contributed by atoms with E-state index in [0.717, 1.165) is 0 Å². The smallest absolute Gasteiger partial charge is 0.336 e. The number of carboxylic acid groups (broad SMARTS) is 1. The molecule has 2 rings (SSSR count). The van der Waals surface area contributed by atoms with Crippen LogP contribution in [-0.2, 0) is 14.8 Å². The molecule has 0 fully saturated rings. The van der Waals surface area contributed by atoms with E-state index in [1.807, 2.05) is 13.8 Å². The molecule has 23 heavy (non-hydrogen) atoms. The van der Waals surface area contributed by atoms with E-state index in [4.69, 9.17) is 9.52 Å². The first-order valence-corrected chi connectivity index (χ1v) is 8.46. The Hall–Kier alpha value is -2.19. The van der Waals surface area contributed by atoms with Gasteiger partial charge in [-0.05, 0) is 36.6 Å². The van der Waals surface area contributed by atoms with Gasteiger partial charge in [-0.15, -0.1) is 0 Å². The van der Waals surface area contributed by atoms with Crippen LogP contribution in [0.3, 0.4) is 0 Å². The van der Waals surface area contributed by atoms with Gasteiger partial charge in [0.2, 0.25) is 10.0 Å². The number of fused-ring (bicyclic) bond motifs is 1. The van der Waals surface area contributed by atoms with Crippen LogP contribution in [0.1, 0.15) is 20.3 Å². The van der Waals surface area contributed by atoms with Crippen LogP contribution < -0.4 is 10.3 Å². The Morgan fingerprint density at radius 3 is 2.57 bits per heavy atom. The van der Waals surface area contributed by atoms with Crippen LogP contribution >= 0.6 is 0 Å². The SMILES string of the molecule is CC(C)C[C@H](NS(=O)(=O)c1ccc2oc(=O)ccc2c1)C(=O)O. The van der Waals surface area contributed by atoms with Crippen molar-refractivity contribution in [3.8, 4) is 0 Å². The summed E-state index contributed by atoms with van der Waals surface area (Å²) in [4.78, 5) is 22.3. The summed E-state index contributed by atoms with van der Waals surface area (Å²) in [5.74, 6) is -1.21. The summed E-state index contributed by atoms with van der Waals surface area (Å²) in [5, 5.41) is 9.59. The molecule has 0 aliphatic rings. The van der Waals surface area contributed by atoms with Crippen molar-refractivity contribution in [1.29, 1.82) is 0 Å². The maximum atomic E-state index is 12.4. The standard InChI is InChI=1S/C15H17NO6S/c1-9(2)7-12(15(18)19)16-23(20,21)11-4-5-13-10(8-11)3-6-14(17)22-13/h3-6,8-9,12,16H,7H2,1-2H3,(H,18,19)/t12-/m0/s1. The van der Waals surface area contributed by atoms with Crippen molar-refractivity contribution in [2.45, 2.75) is 31.2 Å². The summed E-state index contributed by atoms with van der Waals surface area (Å²) in [7, 11) is -4.00. The third-order valence-corrected chi connectivity index (χ3v) is 4.67. The molecule has 2 N–H and O–H groups in total. The van der Waals surface area contributed by atoms with Crippen LogP contribution in [0.5, 0.6) is 0 Å². The molecule has 1 aromatic carbocycles. The number of sulfonamides is 1. The van der Waals surface area contributed by atoms with Gasteiger partial charge in [0.15, 0.2) is 0 Å². The Balaban J connectivity index is 2.36. The summed E-state index contributed by atoms with van der Waals surface area (Å²) in [6.45, 7) is 3.62. The molecular formula is C15H17NO6S. The Bertz CT molecular complexity index is 884. The first-order valence-electron chi connectivity index (χ1n) is 6.98. The highest BCUT2D eigenvalue weighted by molar-refractivity contribution is 7.89. The lowest BCUT2D eigenvalue weighted by Gasteiger charge is -2.16. The number of aliphatic carboxylic acids is 1. The first-order chi connectivity index (χ1) is 10.7. The van der Waals surface area contributed by atoms with Gasteiger partial charge in [-0.1, -0.05) is 13.8 Å². The van der Waals surface area contributed by atoms with Gasteiger partial charge in [0, 0.05) is 11.5 Å². The molecule has 8 heteroatoms. The second-order valence-electron chi connectivity index (χ2n) is 5.60. The third-order valence-electron chi connectivity index (χ3n) is 3.20. The van der Waals surface area contributed by atoms with Crippen LogP contribution in [0.25, 0.3) is 11.0 Å². The van der Waals surface area contributed by atoms with E-state index < -0.39 is 27.7 Å². The number of hydrogen-bond acceptors (Lipinski definition) is 5. The highest BCUT2D eigenvalue weighted by atomic mass is 32.2. The van der Waals surface area contributed by atoms with E-state index >= 15 is 0 Å². The second-order valence-corrected chi connectivity index (χ2v) is 7.31. The number of nitrogens with one attached hydrogen (secondary N) is 1. The number of benzene rings is 1. The van der Waals surface area contributed by atoms with Gasteiger partial charge in [0.1, 0.15) is 11.6 Å². The van der Waals surface area contributed by atoms with E-state index in [1.165, 1.54) is 30.3 Å². The quantitative estimate of drug-likeness (QED) is 0.772. The molecule has 0 saturated carbocycles. The van der Waals surface area contributed by atoms with Gasteiger partial charge in [-0.3, -0.25) is 4.79 Å². The molecule has 0 unspecified atom stereocenters. The third kappa shape index (κ3) is 4.17. The molecule has 0 spiro atoms. The molecule has 1 atom stereocenters. The zero-order valence-corrected chi connectivity index (χ0v) is 13.5. The molecule has 1 aromatic heterocycles. The molecule has 0 aliphatic carbocycles. The van der Waals surface area contributed by atoms with Crippen LogP contribution in [0.4, 0.5) is 0 Å².